The van der Waals surface area contributed by atoms with Crippen molar-refractivity contribution in [2.75, 3.05) is 0 Å². The summed E-state index contributed by atoms with van der Waals surface area (Å²) in [7, 11) is 0. The summed E-state index contributed by atoms with van der Waals surface area (Å²) in [5.74, 6) is -0.0371. The Hall–Kier alpha value is -1.12. The van der Waals surface area contributed by atoms with Gasteiger partial charge in [0.2, 0.25) is 5.91 Å². The Kier molecular flexibility index (Phi) is 2.04. The van der Waals surface area contributed by atoms with E-state index in [0.29, 0.717) is 0 Å². The molecule has 0 unspecified atom stereocenters. The summed E-state index contributed by atoms with van der Waals surface area (Å²) in [6.45, 7) is 7.69. The van der Waals surface area contributed by atoms with Gasteiger partial charge in [-0.15, -0.1) is 0 Å². The van der Waals surface area contributed by atoms with Crippen LogP contribution in [-0.2, 0) is 5.41 Å². The minimum atomic E-state index is -0.0371. The van der Waals surface area contributed by atoms with Crippen LogP contribution in [0.3, 0.4) is 0 Å². The quantitative estimate of drug-likeness (QED) is 0.589. The van der Waals surface area contributed by atoms with Crippen molar-refractivity contribution >= 4 is 5.91 Å². The first-order valence-electron chi connectivity index (χ1n) is 3.98. The highest BCUT2D eigenvalue weighted by atomic mass is 16.2. The van der Waals surface area contributed by atoms with E-state index >= 15 is 0 Å². The number of aromatic nitrogens is 2. The fraction of sp³-hybridized carbons (Fsp3) is 0.556. The van der Waals surface area contributed by atoms with Crippen molar-refractivity contribution in [1.82, 2.24) is 9.78 Å². The second kappa shape index (κ2) is 2.73. The topological polar surface area (TPSA) is 34.9 Å². The van der Waals surface area contributed by atoms with Crippen LogP contribution >= 0.6 is 0 Å². The minimum absolute atomic E-state index is 0.0256. The molecule has 0 saturated carbocycles. The first-order chi connectivity index (χ1) is 5.43. The average Bonchev–Trinajstić information content (AvgIpc) is 2.30. The van der Waals surface area contributed by atoms with Gasteiger partial charge in [-0.3, -0.25) is 4.79 Å². The number of hydrogen-bond donors (Lipinski definition) is 0. The lowest BCUT2D eigenvalue weighted by atomic mass is 9.92. The summed E-state index contributed by atoms with van der Waals surface area (Å²) in [4.78, 5) is 11.1. The van der Waals surface area contributed by atoms with Gasteiger partial charge in [-0.1, -0.05) is 20.8 Å². The molecule has 0 radical (unpaired) electrons. The molecule has 0 aromatic carbocycles. The van der Waals surface area contributed by atoms with Gasteiger partial charge in [0.1, 0.15) is 0 Å². The summed E-state index contributed by atoms with van der Waals surface area (Å²) in [5, 5.41) is 3.95. The molecule has 0 N–H and O–H groups in total. The molecule has 0 fully saturated rings. The molecule has 1 aromatic heterocycles. The van der Waals surface area contributed by atoms with Gasteiger partial charge >= 0.3 is 0 Å². The number of rotatable bonds is 0. The summed E-state index contributed by atoms with van der Waals surface area (Å²) in [6, 6.07) is 1.88. The molecule has 66 valence electrons. The zero-order valence-electron chi connectivity index (χ0n) is 7.96. The minimum Gasteiger partial charge on any atom is -0.273 e. The molecule has 1 rings (SSSR count). The van der Waals surface area contributed by atoms with Crippen molar-refractivity contribution in [1.29, 1.82) is 0 Å². The predicted molar refractivity (Wildman–Crippen MR) is 47.2 cm³/mol. The summed E-state index contributed by atoms with van der Waals surface area (Å²) in [5.41, 5.74) is 0.928. The smallest absolute Gasteiger partial charge is 0.243 e. The van der Waals surface area contributed by atoms with Crippen molar-refractivity contribution in [2.45, 2.75) is 33.1 Å². The molecule has 0 atom stereocenters. The van der Waals surface area contributed by atoms with Gasteiger partial charge in [-0.25, -0.2) is 4.68 Å². The van der Waals surface area contributed by atoms with Crippen LogP contribution in [0.15, 0.2) is 12.3 Å². The van der Waals surface area contributed by atoms with E-state index in [1.54, 1.807) is 6.20 Å². The van der Waals surface area contributed by atoms with Crippen LogP contribution in [0, 0.1) is 0 Å². The van der Waals surface area contributed by atoms with Crippen LogP contribution in [0.1, 0.15) is 38.2 Å². The lowest BCUT2D eigenvalue weighted by molar-refractivity contribution is 0.0913. The summed E-state index contributed by atoms with van der Waals surface area (Å²) >= 11 is 0. The third kappa shape index (κ3) is 1.55. The molecule has 0 aliphatic heterocycles. The largest absolute Gasteiger partial charge is 0.273 e. The first-order valence-corrected chi connectivity index (χ1v) is 3.98. The maximum absolute atomic E-state index is 11.1. The van der Waals surface area contributed by atoms with E-state index in [1.807, 2.05) is 6.07 Å². The average molecular weight is 166 g/mol. The maximum Gasteiger partial charge on any atom is 0.243 e. The lowest BCUT2D eigenvalue weighted by Crippen LogP contribution is -2.21. The molecule has 12 heavy (non-hydrogen) atoms. The highest BCUT2D eigenvalue weighted by Gasteiger charge is 2.19. The summed E-state index contributed by atoms with van der Waals surface area (Å²) in [6.07, 6.45) is 1.65. The zero-order chi connectivity index (χ0) is 9.35. The van der Waals surface area contributed by atoms with Gasteiger partial charge < -0.3 is 0 Å². The highest BCUT2D eigenvalue weighted by Crippen LogP contribution is 2.20. The Bertz CT molecular complexity index is 294. The van der Waals surface area contributed by atoms with Gasteiger partial charge in [-0.05, 0) is 6.07 Å². The van der Waals surface area contributed by atoms with E-state index in [4.69, 9.17) is 0 Å². The SMILES string of the molecule is CC(=O)n1nccc1C(C)(C)C. The van der Waals surface area contributed by atoms with E-state index in [-0.39, 0.29) is 11.3 Å². The van der Waals surface area contributed by atoms with E-state index < -0.39 is 0 Å². The Morgan fingerprint density at radius 1 is 1.50 bits per heavy atom. The molecule has 0 saturated heterocycles. The molecule has 0 amide bonds. The van der Waals surface area contributed by atoms with Crippen molar-refractivity contribution in [3.63, 3.8) is 0 Å². The summed E-state index contributed by atoms with van der Waals surface area (Å²) < 4.78 is 1.44. The number of hydrogen-bond acceptors (Lipinski definition) is 2. The fourth-order valence-electron chi connectivity index (χ4n) is 1.12. The van der Waals surface area contributed by atoms with Crippen molar-refractivity contribution in [3.8, 4) is 0 Å². The zero-order valence-corrected chi connectivity index (χ0v) is 7.96. The maximum atomic E-state index is 11.1. The van der Waals surface area contributed by atoms with E-state index in [1.165, 1.54) is 11.6 Å². The Balaban J connectivity index is 3.17. The van der Waals surface area contributed by atoms with Crippen LogP contribution in [0.5, 0.6) is 0 Å². The monoisotopic (exact) mass is 166 g/mol. The molecule has 0 aliphatic rings. The Labute approximate surface area is 72.4 Å². The van der Waals surface area contributed by atoms with Gasteiger partial charge in [0.25, 0.3) is 0 Å². The van der Waals surface area contributed by atoms with Crippen LogP contribution < -0.4 is 0 Å². The van der Waals surface area contributed by atoms with Crippen LogP contribution in [0.4, 0.5) is 0 Å². The van der Waals surface area contributed by atoms with Gasteiger partial charge in [-0.2, -0.15) is 5.10 Å². The number of nitrogens with zero attached hydrogens (tertiary/aromatic N) is 2. The van der Waals surface area contributed by atoms with Gasteiger partial charge in [0.15, 0.2) is 0 Å². The molecular weight excluding hydrogens is 152 g/mol. The molecule has 0 spiro atoms. The van der Waals surface area contributed by atoms with Crippen LogP contribution in [-0.4, -0.2) is 15.7 Å². The van der Waals surface area contributed by atoms with Crippen LogP contribution in [0.2, 0.25) is 0 Å². The molecule has 3 nitrogen and oxygen atoms in total. The molecular formula is C9H14N2O. The van der Waals surface area contributed by atoms with Crippen LogP contribution in [0.25, 0.3) is 0 Å². The lowest BCUT2D eigenvalue weighted by Gasteiger charge is -2.18. The number of carbonyl (C=O) groups excluding carboxylic acids is 1. The number of carbonyl (C=O) groups is 1. The predicted octanol–water partition coefficient (Wildman–Crippen LogP) is 1.84. The van der Waals surface area contributed by atoms with Gasteiger partial charge in [0, 0.05) is 18.5 Å². The molecule has 3 heteroatoms. The van der Waals surface area contributed by atoms with E-state index in [2.05, 4.69) is 25.9 Å². The standard InChI is InChI=1S/C9H14N2O/c1-7(12)11-8(5-6-10-11)9(2,3)4/h5-6H,1-4H3. The Morgan fingerprint density at radius 2 is 2.08 bits per heavy atom. The third-order valence-corrected chi connectivity index (χ3v) is 1.71. The van der Waals surface area contributed by atoms with Gasteiger partial charge in [0.05, 0.1) is 5.69 Å². The first kappa shape index (κ1) is 8.97. The second-order valence-electron chi connectivity index (χ2n) is 3.90. The third-order valence-electron chi connectivity index (χ3n) is 1.71. The second-order valence-corrected chi connectivity index (χ2v) is 3.90. The molecule has 0 bridgehead atoms. The Morgan fingerprint density at radius 3 is 2.42 bits per heavy atom. The highest BCUT2D eigenvalue weighted by molar-refractivity contribution is 5.76. The molecule has 1 heterocycles. The molecule has 1 aromatic rings. The fourth-order valence-corrected chi connectivity index (χ4v) is 1.12. The van der Waals surface area contributed by atoms with Crippen molar-refractivity contribution < 1.29 is 4.79 Å². The van der Waals surface area contributed by atoms with E-state index in [9.17, 15) is 4.79 Å². The van der Waals surface area contributed by atoms with Crippen molar-refractivity contribution in [2.24, 2.45) is 0 Å². The molecule has 0 aliphatic carbocycles. The van der Waals surface area contributed by atoms with E-state index in [0.717, 1.165) is 5.69 Å². The normalized spacial score (nSPS) is 11.7. The van der Waals surface area contributed by atoms with Crippen molar-refractivity contribution in [3.05, 3.63) is 18.0 Å².